The van der Waals surface area contributed by atoms with Gasteiger partial charge in [0.25, 0.3) is 10.0 Å². The van der Waals surface area contributed by atoms with Gasteiger partial charge in [0.1, 0.15) is 16.5 Å². The van der Waals surface area contributed by atoms with Crippen LogP contribution in [0.1, 0.15) is 11.9 Å². The Morgan fingerprint density at radius 1 is 1.26 bits per heavy atom. The predicted octanol–water partition coefficient (Wildman–Crippen LogP) is 5.22. The quantitative estimate of drug-likeness (QED) is 0.536. The smallest absolute Gasteiger partial charge is 0.265 e. The molecule has 0 aliphatic heterocycles. The molecule has 0 bridgehead atoms. The fourth-order valence-electron chi connectivity index (χ4n) is 2.42. The molecule has 0 saturated carbocycles. The Kier molecular flexibility index (Phi) is 5.83. The molecule has 3 rings (SSSR count). The maximum Gasteiger partial charge on any atom is 0.265 e. The predicted molar refractivity (Wildman–Crippen MR) is 108 cm³/mol. The Hall–Kier alpha value is -1.97. The lowest BCUT2D eigenvalue weighted by atomic mass is 10.2. The third kappa shape index (κ3) is 4.48. The monoisotopic (exact) mass is 470 g/mol. The number of aromatic nitrogens is 1. The van der Waals surface area contributed by atoms with Crippen LogP contribution in [0.5, 0.6) is 5.75 Å². The summed E-state index contributed by atoms with van der Waals surface area (Å²) in [6.45, 7) is 3.93. The molecular weight excluding hydrogens is 455 g/mol. The van der Waals surface area contributed by atoms with Gasteiger partial charge in [0.05, 0.1) is 23.0 Å². The van der Waals surface area contributed by atoms with Gasteiger partial charge in [-0.1, -0.05) is 15.9 Å². The molecule has 27 heavy (non-hydrogen) atoms. The molecule has 0 radical (unpaired) electrons. The van der Waals surface area contributed by atoms with Crippen molar-refractivity contribution in [2.24, 2.45) is 0 Å². The summed E-state index contributed by atoms with van der Waals surface area (Å²) < 4.78 is 48.2. The van der Waals surface area contributed by atoms with Gasteiger partial charge in [-0.2, -0.15) is 0 Å². The molecule has 5 nitrogen and oxygen atoms in total. The Bertz CT molecular complexity index is 1080. The molecule has 3 aromatic rings. The van der Waals surface area contributed by atoms with Crippen LogP contribution in [0, 0.1) is 12.7 Å². The van der Waals surface area contributed by atoms with Gasteiger partial charge in [-0.25, -0.2) is 17.8 Å². The van der Waals surface area contributed by atoms with Crippen LogP contribution in [0.3, 0.4) is 0 Å². The summed E-state index contributed by atoms with van der Waals surface area (Å²) in [5.74, 6) is -0.490. The zero-order valence-corrected chi connectivity index (χ0v) is 17.7. The number of thiazole rings is 1. The first-order chi connectivity index (χ1) is 12.8. The lowest BCUT2D eigenvalue weighted by Crippen LogP contribution is -2.15. The highest BCUT2D eigenvalue weighted by atomic mass is 79.9. The molecule has 0 unspecified atom stereocenters. The van der Waals surface area contributed by atoms with Crippen molar-refractivity contribution in [2.45, 2.75) is 18.7 Å². The van der Waals surface area contributed by atoms with E-state index in [2.05, 4.69) is 25.6 Å². The van der Waals surface area contributed by atoms with Gasteiger partial charge in [0, 0.05) is 15.4 Å². The highest BCUT2D eigenvalue weighted by Gasteiger charge is 2.23. The van der Waals surface area contributed by atoms with Crippen LogP contribution < -0.4 is 9.46 Å². The first-order valence-electron chi connectivity index (χ1n) is 7.97. The number of ether oxygens (including phenoxy) is 1. The zero-order chi connectivity index (χ0) is 19.6. The zero-order valence-electron chi connectivity index (χ0n) is 14.5. The molecule has 0 aliphatic carbocycles. The molecule has 9 heteroatoms. The van der Waals surface area contributed by atoms with Crippen molar-refractivity contribution in [2.75, 3.05) is 11.3 Å². The fraction of sp³-hybridized carbons (Fsp3) is 0.167. The van der Waals surface area contributed by atoms with Crippen LogP contribution in [-0.2, 0) is 10.0 Å². The van der Waals surface area contributed by atoms with Crippen molar-refractivity contribution < 1.29 is 17.5 Å². The number of halogens is 2. The van der Waals surface area contributed by atoms with Crippen molar-refractivity contribution in [3.63, 3.8) is 0 Å². The summed E-state index contributed by atoms with van der Waals surface area (Å²) in [5.41, 5.74) is 1.17. The van der Waals surface area contributed by atoms with Gasteiger partial charge in [-0.15, -0.1) is 11.3 Å². The van der Waals surface area contributed by atoms with Gasteiger partial charge in [-0.05, 0) is 50.2 Å². The summed E-state index contributed by atoms with van der Waals surface area (Å²) in [6, 6.07) is 8.91. The minimum atomic E-state index is -4.08. The number of rotatable bonds is 6. The summed E-state index contributed by atoms with van der Waals surface area (Å²) in [7, 11) is -4.08. The van der Waals surface area contributed by atoms with Crippen molar-refractivity contribution in [1.82, 2.24) is 4.98 Å². The number of nitrogens with one attached hydrogen (secondary N) is 1. The second kappa shape index (κ2) is 7.95. The van der Waals surface area contributed by atoms with E-state index in [1.165, 1.54) is 29.5 Å². The number of hydrogen-bond acceptors (Lipinski definition) is 5. The summed E-state index contributed by atoms with van der Waals surface area (Å²) >= 11 is 4.62. The maximum atomic E-state index is 14.1. The maximum absolute atomic E-state index is 14.1. The van der Waals surface area contributed by atoms with Crippen LogP contribution in [0.25, 0.3) is 11.3 Å². The molecule has 2 aromatic carbocycles. The number of benzene rings is 2. The number of aryl methyl sites for hydroxylation is 1. The Balaban J connectivity index is 2.06. The average molecular weight is 471 g/mol. The van der Waals surface area contributed by atoms with Crippen molar-refractivity contribution in [3.05, 3.63) is 57.1 Å². The van der Waals surface area contributed by atoms with E-state index in [1.807, 2.05) is 12.3 Å². The number of hydrogen-bond donors (Lipinski definition) is 1. The molecule has 0 fully saturated rings. The van der Waals surface area contributed by atoms with E-state index >= 15 is 0 Å². The topological polar surface area (TPSA) is 68.3 Å². The molecule has 1 N–H and O–H groups in total. The van der Waals surface area contributed by atoms with Gasteiger partial charge in [-0.3, -0.25) is 4.72 Å². The highest BCUT2D eigenvalue weighted by molar-refractivity contribution is 9.10. The van der Waals surface area contributed by atoms with E-state index in [9.17, 15) is 12.8 Å². The molecule has 0 atom stereocenters. The molecule has 142 valence electrons. The third-order valence-corrected chi connectivity index (χ3v) is 6.28. The molecule has 0 aliphatic rings. The van der Waals surface area contributed by atoms with E-state index in [0.717, 1.165) is 5.01 Å². The van der Waals surface area contributed by atoms with Gasteiger partial charge in [0.15, 0.2) is 0 Å². The molecule has 1 aromatic heterocycles. The van der Waals surface area contributed by atoms with Crippen LogP contribution in [0.2, 0.25) is 0 Å². The molecular formula is C18H16BrFN2O3S2. The largest absolute Gasteiger partial charge is 0.492 e. The minimum absolute atomic E-state index is 0.0742. The van der Waals surface area contributed by atoms with Crippen LogP contribution in [-0.4, -0.2) is 20.0 Å². The summed E-state index contributed by atoms with van der Waals surface area (Å²) in [6.07, 6.45) is 0. The van der Waals surface area contributed by atoms with E-state index in [1.54, 1.807) is 25.1 Å². The summed E-state index contributed by atoms with van der Waals surface area (Å²) in [5, 5.41) is 2.72. The lowest BCUT2D eigenvalue weighted by Gasteiger charge is -2.14. The normalized spacial score (nSPS) is 11.4. The number of sulfonamides is 1. The average Bonchev–Trinajstić information content (AvgIpc) is 3.04. The first kappa shape index (κ1) is 19.8. The molecule has 1 heterocycles. The van der Waals surface area contributed by atoms with E-state index < -0.39 is 15.8 Å². The molecule has 0 spiro atoms. The minimum Gasteiger partial charge on any atom is -0.492 e. The molecule has 0 amide bonds. The van der Waals surface area contributed by atoms with Crippen molar-refractivity contribution in [3.8, 4) is 17.0 Å². The van der Waals surface area contributed by atoms with Crippen LogP contribution in [0.4, 0.5) is 10.1 Å². The molecule has 0 saturated heterocycles. The van der Waals surface area contributed by atoms with Crippen molar-refractivity contribution >= 4 is 43.0 Å². The Morgan fingerprint density at radius 2 is 2.04 bits per heavy atom. The fourth-order valence-corrected chi connectivity index (χ4v) is 4.61. The van der Waals surface area contributed by atoms with Crippen LogP contribution in [0.15, 0.2) is 51.1 Å². The third-order valence-electron chi connectivity index (χ3n) is 3.62. The van der Waals surface area contributed by atoms with E-state index in [0.29, 0.717) is 22.3 Å². The highest BCUT2D eigenvalue weighted by Crippen LogP contribution is 2.32. The van der Waals surface area contributed by atoms with E-state index in [-0.39, 0.29) is 16.3 Å². The standard InChI is InChI=1S/C18H16BrFN2O3S2/c1-3-25-17-7-4-12(16-10-26-11(2)21-16)8-18(17)27(23,24)22-15-6-5-13(19)9-14(15)20/h4-10,22H,3H2,1-2H3. The lowest BCUT2D eigenvalue weighted by molar-refractivity contribution is 0.331. The van der Waals surface area contributed by atoms with Gasteiger partial charge in [0.2, 0.25) is 0 Å². The Morgan fingerprint density at radius 3 is 2.67 bits per heavy atom. The second-order valence-corrected chi connectivity index (χ2v) is 9.20. The van der Waals surface area contributed by atoms with Crippen molar-refractivity contribution in [1.29, 1.82) is 0 Å². The van der Waals surface area contributed by atoms with E-state index in [4.69, 9.17) is 4.74 Å². The Labute approximate surface area is 169 Å². The van der Waals surface area contributed by atoms with Gasteiger partial charge < -0.3 is 4.74 Å². The van der Waals surface area contributed by atoms with Gasteiger partial charge >= 0.3 is 0 Å². The second-order valence-electron chi connectivity index (χ2n) is 5.58. The SMILES string of the molecule is CCOc1ccc(-c2csc(C)n2)cc1S(=O)(=O)Nc1ccc(Br)cc1F. The number of anilines is 1. The number of nitrogens with zero attached hydrogens (tertiary/aromatic N) is 1. The van der Waals surface area contributed by atoms with Crippen LogP contribution >= 0.6 is 27.3 Å². The summed E-state index contributed by atoms with van der Waals surface area (Å²) in [4.78, 5) is 4.31. The first-order valence-corrected chi connectivity index (χ1v) is 11.1.